The number of nitrogens with zero attached hydrogens (tertiary/aromatic N) is 3. The number of para-hydroxylation sites is 9. The number of phenolic OH excluding ortho intramolecular Hbond substituents is 4. The molecule has 13 aromatic rings. The van der Waals surface area contributed by atoms with E-state index in [1.807, 2.05) is 54.6 Å². The van der Waals surface area contributed by atoms with Crippen LogP contribution in [0.2, 0.25) is 0 Å². The van der Waals surface area contributed by atoms with Gasteiger partial charge < -0.3 is 50.2 Å². The summed E-state index contributed by atoms with van der Waals surface area (Å²) in [5.74, 6) is -51.8. The Morgan fingerprint density at radius 3 is 0.303 bits per heavy atom. The SMILES string of the molecule is OB(O)O.Oc1c(F)c(F)c(F)c(F)c1F.Oc1c(F)c(F)c(F)c(F)c1F.Oc1c(F)c(F)c(F)c(F)c1F.Oc1c(F)c(F)c(F)c(F)c1F.c1ccc(N(c2ccccc2)c2ccccc2)cc1.c1ccc(N(c2ccccc2)c2ccccc2)cc1.c1ccc(N(c2ccccc2)c2ccccc2)cc1. The van der Waals surface area contributed by atoms with Crippen LogP contribution < -0.4 is 14.7 Å². The van der Waals surface area contributed by atoms with E-state index in [4.69, 9.17) is 35.5 Å². The molecule has 0 spiro atoms. The van der Waals surface area contributed by atoms with Crippen molar-refractivity contribution < 1.29 is 123 Å². The summed E-state index contributed by atoms with van der Waals surface area (Å²) in [5, 5.41) is 54.7. The fourth-order valence-corrected chi connectivity index (χ4v) is 8.91. The molecule has 0 heterocycles. The molecule has 0 saturated carbocycles. The van der Waals surface area contributed by atoms with E-state index < -0.39 is 147 Å². The summed E-state index contributed by atoms with van der Waals surface area (Å²) in [7, 11) is -2.17. The number of phenols is 4. The fraction of sp³-hybridized carbons (Fsp3) is 0. The summed E-state index contributed by atoms with van der Waals surface area (Å²) >= 11 is 0. The van der Waals surface area contributed by atoms with Gasteiger partial charge in [-0.25, -0.2) is 52.7 Å². The fourth-order valence-electron chi connectivity index (χ4n) is 8.91. The van der Waals surface area contributed by atoms with Crippen molar-refractivity contribution in [2.24, 2.45) is 0 Å². The van der Waals surface area contributed by atoms with Crippen molar-refractivity contribution in [3.63, 3.8) is 0 Å². The van der Waals surface area contributed by atoms with Gasteiger partial charge in [-0.15, -0.1) is 0 Å². The molecule has 0 bridgehead atoms. The summed E-state index contributed by atoms with van der Waals surface area (Å²) in [4.78, 5) is 6.75. The molecule has 0 amide bonds. The van der Waals surface area contributed by atoms with Crippen molar-refractivity contribution in [1.82, 2.24) is 0 Å². The zero-order valence-corrected chi connectivity index (χ0v) is 55.1. The normalized spacial score (nSPS) is 10.1. The Hall–Kier alpha value is -13.0. The van der Waals surface area contributed by atoms with Gasteiger partial charge in [-0.05, 0) is 109 Å². The number of hydrogen-bond acceptors (Lipinski definition) is 10. The van der Waals surface area contributed by atoms with Crippen LogP contribution in [0.25, 0.3) is 0 Å². The van der Waals surface area contributed by atoms with Gasteiger partial charge in [0.05, 0.1) is 0 Å². The predicted octanol–water partition coefficient (Wildman–Crippen LogP) is 21.8. The Labute approximate surface area is 606 Å². The molecule has 13 aromatic carbocycles. The van der Waals surface area contributed by atoms with Crippen molar-refractivity contribution in [3.05, 3.63) is 389 Å². The first-order valence-corrected chi connectivity index (χ1v) is 30.7. The molecule has 7 N–H and O–H groups in total. The van der Waals surface area contributed by atoms with Crippen molar-refractivity contribution in [2.45, 2.75) is 0 Å². The molecular weight excluding hydrogens is 1480 g/mol. The molecule has 10 nitrogen and oxygen atoms in total. The number of rotatable bonds is 9. The van der Waals surface area contributed by atoms with Gasteiger partial charge in [0.25, 0.3) is 0 Å². The molecule has 0 aliphatic rings. The number of halogens is 20. The lowest BCUT2D eigenvalue weighted by atomic mass is 10.2. The highest BCUT2D eigenvalue weighted by Crippen LogP contribution is 2.38. The number of benzene rings is 13. The quantitative estimate of drug-likeness (QED) is 0.0322. The minimum absolute atomic E-state index is 1.17. The molecule has 0 unspecified atom stereocenters. The number of hydrogen-bond donors (Lipinski definition) is 7. The summed E-state index contributed by atoms with van der Waals surface area (Å²) in [6, 6.07) is 93.8. The smallest absolute Gasteiger partial charge is 0.503 e. The third kappa shape index (κ3) is 22.5. The second kappa shape index (κ2) is 41.1. The molecule has 0 atom stereocenters. The molecule has 0 fully saturated rings. The Balaban J connectivity index is 0.000000199. The summed E-state index contributed by atoms with van der Waals surface area (Å²) in [6.45, 7) is 0. The van der Waals surface area contributed by atoms with Crippen LogP contribution >= 0.6 is 0 Å². The second-order valence-electron chi connectivity index (χ2n) is 21.0. The van der Waals surface area contributed by atoms with Gasteiger partial charge in [-0.3, -0.25) is 0 Å². The van der Waals surface area contributed by atoms with Crippen LogP contribution in [0.4, 0.5) is 139 Å². The van der Waals surface area contributed by atoms with Gasteiger partial charge in [0, 0.05) is 51.2 Å². The lowest BCUT2D eigenvalue weighted by Crippen LogP contribution is -2.09. The maximum Gasteiger partial charge on any atom is 0.631 e. The Kier molecular flexibility index (Phi) is 32.0. The largest absolute Gasteiger partial charge is 0.631 e. The second-order valence-corrected chi connectivity index (χ2v) is 21.0. The van der Waals surface area contributed by atoms with Crippen LogP contribution in [-0.4, -0.2) is 42.8 Å². The molecule has 0 aliphatic carbocycles. The van der Waals surface area contributed by atoms with E-state index in [1.54, 1.807) is 0 Å². The number of anilines is 9. The maximum absolute atomic E-state index is 12.2. The summed E-state index contributed by atoms with van der Waals surface area (Å²) in [6.07, 6.45) is 0. The van der Waals surface area contributed by atoms with E-state index in [0.29, 0.717) is 0 Å². The highest BCUT2D eigenvalue weighted by Gasteiger charge is 2.29. The topological polar surface area (TPSA) is 151 Å². The first kappa shape index (κ1) is 84.9. The molecule has 31 heteroatoms. The zero-order valence-electron chi connectivity index (χ0n) is 55.1. The standard InChI is InChI=1S/3C18H15N.4C6HF5O.BH3O3/c3*1-4-10-16(11-5-1)19(17-12-6-2-7-13-17)18-14-8-3-9-15-18;4*7-1-2(8)4(10)6(12)5(11)3(1)9;2-1(3)4/h3*1-15H;4*12H;2-4H. The Bertz CT molecular complexity index is 3770. The number of aromatic hydroxyl groups is 4. The monoisotopic (exact) mass is 1530 g/mol. The van der Waals surface area contributed by atoms with Crippen molar-refractivity contribution in [2.75, 3.05) is 14.7 Å². The molecule has 0 aliphatic heterocycles. The van der Waals surface area contributed by atoms with E-state index in [-0.39, 0.29) is 0 Å². The van der Waals surface area contributed by atoms with Crippen LogP contribution in [0.1, 0.15) is 0 Å². The van der Waals surface area contributed by atoms with Gasteiger partial charge >= 0.3 is 7.32 Å². The summed E-state index contributed by atoms with van der Waals surface area (Å²) in [5.41, 5.74) is 10.5. The van der Waals surface area contributed by atoms with Crippen LogP contribution in [0.5, 0.6) is 23.0 Å². The maximum atomic E-state index is 12.2. The molecule has 109 heavy (non-hydrogen) atoms. The van der Waals surface area contributed by atoms with Gasteiger partial charge in [-0.2, -0.15) is 35.1 Å². The van der Waals surface area contributed by atoms with Gasteiger partial charge in [0.1, 0.15) is 0 Å². The van der Waals surface area contributed by atoms with Crippen LogP contribution in [-0.2, 0) is 0 Å². The van der Waals surface area contributed by atoms with Crippen LogP contribution in [0.15, 0.2) is 273 Å². The summed E-state index contributed by atoms with van der Waals surface area (Å²) < 4.78 is 243. The third-order valence-corrected chi connectivity index (χ3v) is 13.9. The zero-order chi connectivity index (χ0) is 80.2. The van der Waals surface area contributed by atoms with Gasteiger partial charge in [0.2, 0.25) is 116 Å². The lowest BCUT2D eigenvalue weighted by molar-refractivity contribution is 0.278. The van der Waals surface area contributed by atoms with Gasteiger partial charge in [-0.1, -0.05) is 164 Å². The van der Waals surface area contributed by atoms with E-state index >= 15 is 0 Å². The average molecular weight is 1530 g/mol. The highest BCUT2D eigenvalue weighted by atomic mass is 19.2. The van der Waals surface area contributed by atoms with Crippen molar-refractivity contribution >= 4 is 58.5 Å². The molecule has 0 radical (unpaired) electrons. The minimum atomic E-state index is -2.29. The molecule has 0 saturated heterocycles. The van der Waals surface area contributed by atoms with Crippen LogP contribution in [0, 0.1) is 116 Å². The molecule has 13 rings (SSSR count). The highest BCUT2D eigenvalue weighted by molar-refractivity contribution is 6.30. The molecule has 0 aromatic heterocycles. The first-order chi connectivity index (χ1) is 51.9. The minimum Gasteiger partial charge on any atom is -0.503 e. The molecular formula is C78H52BF20N3O7. The van der Waals surface area contributed by atoms with E-state index in [9.17, 15) is 87.8 Å². The Morgan fingerprint density at radius 2 is 0.220 bits per heavy atom. The first-order valence-electron chi connectivity index (χ1n) is 30.7. The van der Waals surface area contributed by atoms with Gasteiger partial charge in [0.15, 0.2) is 23.0 Å². The average Bonchev–Trinajstić information content (AvgIpc) is 0.844. The Morgan fingerprint density at radius 1 is 0.147 bits per heavy atom. The predicted molar refractivity (Wildman–Crippen MR) is 367 cm³/mol. The van der Waals surface area contributed by atoms with Crippen molar-refractivity contribution in [1.29, 1.82) is 0 Å². The van der Waals surface area contributed by atoms with E-state index in [0.717, 1.165) is 0 Å². The molecule has 564 valence electrons. The van der Waals surface area contributed by atoms with Crippen LogP contribution in [0.3, 0.4) is 0 Å². The third-order valence-electron chi connectivity index (χ3n) is 13.9. The van der Waals surface area contributed by atoms with Crippen molar-refractivity contribution in [3.8, 4) is 23.0 Å². The van der Waals surface area contributed by atoms with E-state index in [2.05, 4.69) is 233 Å². The van der Waals surface area contributed by atoms with E-state index in [1.165, 1.54) is 51.2 Å². The lowest BCUT2D eigenvalue weighted by Gasteiger charge is -2.25.